The smallest absolute Gasteiger partial charge is 0.343 e. The lowest BCUT2D eigenvalue weighted by atomic mass is 10.1. The van der Waals surface area contributed by atoms with E-state index < -0.39 is 5.97 Å². The Morgan fingerprint density at radius 3 is 2.61 bits per heavy atom. The van der Waals surface area contributed by atoms with Crippen molar-refractivity contribution < 1.29 is 18.7 Å². The van der Waals surface area contributed by atoms with E-state index in [0.29, 0.717) is 22.5 Å². The van der Waals surface area contributed by atoms with Gasteiger partial charge < -0.3 is 13.9 Å². The molecule has 0 radical (unpaired) electrons. The fourth-order valence-corrected chi connectivity index (χ4v) is 2.17. The second-order valence-corrected chi connectivity index (χ2v) is 4.86. The number of hydrogen-bond donors (Lipinski definition) is 0. The third-order valence-electron chi connectivity index (χ3n) is 3.34. The van der Waals surface area contributed by atoms with Crippen LogP contribution < -0.4 is 10.2 Å². The van der Waals surface area contributed by atoms with Crippen molar-refractivity contribution in [2.75, 3.05) is 13.7 Å². The van der Waals surface area contributed by atoms with Crippen LogP contribution in [-0.4, -0.2) is 19.7 Å². The summed E-state index contributed by atoms with van der Waals surface area (Å²) in [6.45, 7) is -0.204. The number of rotatable bonds is 4. The first kappa shape index (κ1) is 14.8. The molecule has 0 bridgehead atoms. The summed E-state index contributed by atoms with van der Waals surface area (Å²) in [4.78, 5) is 23.3. The molecular formula is C18H14O5. The minimum atomic E-state index is -0.482. The fourth-order valence-electron chi connectivity index (χ4n) is 2.17. The highest BCUT2D eigenvalue weighted by Crippen LogP contribution is 2.24. The summed E-state index contributed by atoms with van der Waals surface area (Å²) in [6, 6.07) is 15.6. The van der Waals surface area contributed by atoms with Gasteiger partial charge in [0.2, 0.25) is 0 Å². The maximum Gasteiger partial charge on any atom is 0.343 e. The van der Waals surface area contributed by atoms with E-state index in [-0.39, 0.29) is 12.0 Å². The Morgan fingerprint density at radius 1 is 1.09 bits per heavy atom. The van der Waals surface area contributed by atoms with E-state index in [9.17, 15) is 9.59 Å². The van der Waals surface area contributed by atoms with Crippen LogP contribution >= 0.6 is 0 Å². The molecule has 0 saturated heterocycles. The number of fused-ring (bicyclic) bond motifs is 1. The molecule has 5 nitrogen and oxygen atoms in total. The van der Waals surface area contributed by atoms with Gasteiger partial charge in [0.25, 0.3) is 0 Å². The molecular weight excluding hydrogens is 296 g/mol. The van der Waals surface area contributed by atoms with Crippen molar-refractivity contribution in [2.45, 2.75) is 0 Å². The van der Waals surface area contributed by atoms with E-state index in [0.717, 1.165) is 5.56 Å². The fraction of sp³-hybridized carbons (Fsp3) is 0.111. The van der Waals surface area contributed by atoms with Crippen LogP contribution in [0.5, 0.6) is 5.75 Å². The maximum absolute atomic E-state index is 12.2. The second-order valence-electron chi connectivity index (χ2n) is 4.86. The van der Waals surface area contributed by atoms with E-state index in [4.69, 9.17) is 9.15 Å². The molecule has 0 aliphatic carbocycles. The Hall–Kier alpha value is -3.08. The van der Waals surface area contributed by atoms with Crippen LogP contribution in [0, 0.1) is 0 Å². The van der Waals surface area contributed by atoms with Crippen molar-refractivity contribution in [3.05, 3.63) is 64.8 Å². The number of benzene rings is 2. The van der Waals surface area contributed by atoms with Gasteiger partial charge >= 0.3 is 5.97 Å². The van der Waals surface area contributed by atoms with Gasteiger partial charge in [-0.15, -0.1) is 0 Å². The number of hydrogen-bond acceptors (Lipinski definition) is 5. The van der Waals surface area contributed by atoms with Crippen LogP contribution in [0.1, 0.15) is 0 Å². The van der Waals surface area contributed by atoms with Crippen molar-refractivity contribution in [2.24, 2.45) is 0 Å². The first-order chi connectivity index (χ1) is 11.2. The standard InChI is InChI=1S/C18H14O5/c1-21-18(20)11-22-13-7-8-14-15(19)10-16(23-17(14)9-13)12-5-3-2-4-6-12/h2-10H,11H2,1H3. The van der Waals surface area contributed by atoms with Gasteiger partial charge in [0.1, 0.15) is 17.1 Å². The number of methoxy groups -OCH3 is 1. The molecule has 116 valence electrons. The van der Waals surface area contributed by atoms with Gasteiger partial charge in [0.05, 0.1) is 12.5 Å². The van der Waals surface area contributed by atoms with Gasteiger partial charge in [-0.05, 0) is 12.1 Å². The predicted octanol–water partition coefficient (Wildman–Crippen LogP) is 3.01. The van der Waals surface area contributed by atoms with Crippen LogP contribution in [0.2, 0.25) is 0 Å². The molecule has 1 heterocycles. The maximum atomic E-state index is 12.2. The Labute approximate surface area is 132 Å². The van der Waals surface area contributed by atoms with Crippen molar-refractivity contribution in [1.82, 2.24) is 0 Å². The van der Waals surface area contributed by atoms with Crippen LogP contribution in [0.3, 0.4) is 0 Å². The summed E-state index contributed by atoms with van der Waals surface area (Å²) in [5, 5.41) is 0.454. The summed E-state index contributed by atoms with van der Waals surface area (Å²) in [5.74, 6) is 0.425. The minimum absolute atomic E-state index is 0.135. The molecule has 0 unspecified atom stereocenters. The zero-order chi connectivity index (χ0) is 16.2. The first-order valence-electron chi connectivity index (χ1n) is 7.00. The van der Waals surface area contributed by atoms with Gasteiger partial charge in [0.15, 0.2) is 12.0 Å². The van der Waals surface area contributed by atoms with Crippen molar-refractivity contribution in [1.29, 1.82) is 0 Å². The number of carbonyl (C=O) groups excluding carboxylic acids is 1. The van der Waals surface area contributed by atoms with E-state index in [1.807, 2.05) is 30.3 Å². The third kappa shape index (κ3) is 3.23. The van der Waals surface area contributed by atoms with Crippen LogP contribution in [0.25, 0.3) is 22.3 Å². The SMILES string of the molecule is COC(=O)COc1ccc2c(=O)cc(-c3ccccc3)oc2c1. The summed E-state index contributed by atoms with van der Waals surface area (Å²) < 4.78 is 15.6. The third-order valence-corrected chi connectivity index (χ3v) is 3.34. The average Bonchev–Trinajstić information content (AvgIpc) is 2.60. The zero-order valence-corrected chi connectivity index (χ0v) is 12.4. The number of esters is 1. The summed E-state index contributed by atoms with van der Waals surface area (Å²) in [6.07, 6.45) is 0. The molecule has 3 rings (SSSR count). The van der Waals surface area contributed by atoms with Gasteiger partial charge in [-0.1, -0.05) is 30.3 Å². The quantitative estimate of drug-likeness (QED) is 0.693. The Bertz CT molecular complexity index is 896. The lowest BCUT2D eigenvalue weighted by Gasteiger charge is -2.07. The van der Waals surface area contributed by atoms with Crippen LogP contribution in [0.15, 0.2) is 63.8 Å². The normalized spacial score (nSPS) is 10.5. The molecule has 5 heteroatoms. The molecule has 2 aromatic carbocycles. The molecule has 0 amide bonds. The Morgan fingerprint density at radius 2 is 1.87 bits per heavy atom. The van der Waals surface area contributed by atoms with Gasteiger partial charge in [0, 0.05) is 17.7 Å². The predicted molar refractivity (Wildman–Crippen MR) is 85.4 cm³/mol. The minimum Gasteiger partial charge on any atom is -0.482 e. The molecule has 0 saturated carbocycles. The van der Waals surface area contributed by atoms with E-state index in [2.05, 4.69) is 4.74 Å². The van der Waals surface area contributed by atoms with Crippen molar-refractivity contribution >= 4 is 16.9 Å². The monoisotopic (exact) mass is 310 g/mol. The molecule has 3 aromatic rings. The highest BCUT2D eigenvalue weighted by atomic mass is 16.6. The van der Waals surface area contributed by atoms with E-state index in [1.54, 1.807) is 18.2 Å². The molecule has 0 atom stereocenters. The highest BCUT2D eigenvalue weighted by molar-refractivity contribution is 5.80. The Balaban J connectivity index is 2.00. The van der Waals surface area contributed by atoms with Crippen molar-refractivity contribution in [3.63, 3.8) is 0 Å². The highest BCUT2D eigenvalue weighted by Gasteiger charge is 2.09. The van der Waals surface area contributed by atoms with E-state index in [1.165, 1.54) is 13.2 Å². The largest absolute Gasteiger partial charge is 0.482 e. The van der Waals surface area contributed by atoms with Crippen molar-refractivity contribution in [3.8, 4) is 17.1 Å². The summed E-state index contributed by atoms with van der Waals surface area (Å²) in [5.41, 5.74) is 1.08. The molecule has 0 fully saturated rings. The molecule has 23 heavy (non-hydrogen) atoms. The molecule has 0 N–H and O–H groups in total. The average molecular weight is 310 g/mol. The number of ether oxygens (including phenoxy) is 2. The second kappa shape index (κ2) is 6.36. The Kier molecular flexibility index (Phi) is 4.10. The first-order valence-corrected chi connectivity index (χ1v) is 7.00. The van der Waals surface area contributed by atoms with Gasteiger partial charge in [-0.2, -0.15) is 0 Å². The summed E-state index contributed by atoms with van der Waals surface area (Å²) in [7, 11) is 1.29. The zero-order valence-electron chi connectivity index (χ0n) is 12.4. The molecule has 0 aliphatic rings. The molecule has 1 aromatic heterocycles. The topological polar surface area (TPSA) is 65.7 Å². The van der Waals surface area contributed by atoms with E-state index >= 15 is 0 Å². The van der Waals surface area contributed by atoms with Gasteiger partial charge in [-0.25, -0.2) is 4.79 Å². The summed E-state index contributed by atoms with van der Waals surface area (Å²) >= 11 is 0. The lowest BCUT2D eigenvalue weighted by Crippen LogP contribution is -2.12. The molecule has 0 spiro atoms. The van der Waals surface area contributed by atoms with Crippen LogP contribution in [0.4, 0.5) is 0 Å². The molecule has 0 aliphatic heterocycles. The van der Waals surface area contributed by atoms with Gasteiger partial charge in [-0.3, -0.25) is 4.79 Å². The number of carbonyl (C=O) groups is 1. The lowest BCUT2D eigenvalue weighted by molar-refractivity contribution is -0.142. The van der Waals surface area contributed by atoms with Crippen LogP contribution in [-0.2, 0) is 9.53 Å².